The first-order chi connectivity index (χ1) is 6.38. The molecule has 1 aromatic heterocycles. The molecule has 0 aromatic carbocycles. The summed E-state index contributed by atoms with van der Waals surface area (Å²) in [6, 6.07) is 4.01. The third-order valence-electron chi connectivity index (χ3n) is 2.53. The van der Waals surface area contributed by atoms with Crippen LogP contribution in [0.1, 0.15) is 30.2 Å². The van der Waals surface area contributed by atoms with E-state index in [-0.39, 0.29) is 6.10 Å². The summed E-state index contributed by atoms with van der Waals surface area (Å²) >= 11 is 1.64. The highest BCUT2D eigenvalue weighted by molar-refractivity contribution is 7.10. The van der Waals surface area contributed by atoms with E-state index in [0.29, 0.717) is 5.92 Å². The molecule has 0 saturated heterocycles. The molecule has 1 aliphatic carbocycles. The fourth-order valence-corrected chi connectivity index (χ4v) is 2.56. The molecule has 1 aliphatic rings. The maximum absolute atomic E-state index is 9.99. The minimum absolute atomic E-state index is 0.281. The van der Waals surface area contributed by atoms with Crippen molar-refractivity contribution in [3.63, 3.8) is 0 Å². The molecule has 0 saturated carbocycles. The molecule has 0 bridgehead atoms. The summed E-state index contributed by atoms with van der Waals surface area (Å²) in [5.74, 6) is 0.340. The number of rotatable bonds is 2. The topological polar surface area (TPSA) is 20.2 Å². The lowest BCUT2D eigenvalue weighted by atomic mass is 9.90. The lowest BCUT2D eigenvalue weighted by molar-refractivity contribution is 0.127. The van der Waals surface area contributed by atoms with Gasteiger partial charge in [0.1, 0.15) is 0 Å². The Morgan fingerprint density at radius 2 is 2.46 bits per heavy atom. The Kier molecular flexibility index (Phi) is 2.81. The summed E-state index contributed by atoms with van der Waals surface area (Å²) in [4.78, 5) is 1.09. The van der Waals surface area contributed by atoms with Crippen molar-refractivity contribution >= 4 is 11.3 Å². The van der Waals surface area contributed by atoms with Gasteiger partial charge in [-0.1, -0.05) is 18.2 Å². The second-order valence-corrected chi connectivity index (χ2v) is 4.46. The molecular formula is C11H14OS. The second-order valence-electron chi connectivity index (χ2n) is 3.48. The molecular weight excluding hydrogens is 180 g/mol. The van der Waals surface area contributed by atoms with Crippen LogP contribution in [-0.4, -0.2) is 5.11 Å². The Morgan fingerprint density at radius 1 is 1.54 bits per heavy atom. The summed E-state index contributed by atoms with van der Waals surface area (Å²) in [5.41, 5.74) is 0. The van der Waals surface area contributed by atoms with E-state index in [1.807, 2.05) is 17.5 Å². The van der Waals surface area contributed by atoms with Gasteiger partial charge < -0.3 is 5.11 Å². The first-order valence-electron chi connectivity index (χ1n) is 4.76. The van der Waals surface area contributed by atoms with Crippen LogP contribution in [0.4, 0.5) is 0 Å². The number of hydrogen-bond donors (Lipinski definition) is 1. The molecule has 0 spiro atoms. The van der Waals surface area contributed by atoms with Gasteiger partial charge >= 0.3 is 0 Å². The van der Waals surface area contributed by atoms with Crippen LogP contribution in [0.25, 0.3) is 0 Å². The van der Waals surface area contributed by atoms with Crippen LogP contribution in [0.15, 0.2) is 29.7 Å². The third kappa shape index (κ3) is 2.01. The van der Waals surface area contributed by atoms with Crippen molar-refractivity contribution in [2.24, 2.45) is 5.92 Å². The first-order valence-corrected chi connectivity index (χ1v) is 5.64. The molecule has 1 N–H and O–H groups in total. The quantitative estimate of drug-likeness (QED) is 0.717. The Balaban J connectivity index is 2.08. The van der Waals surface area contributed by atoms with E-state index in [9.17, 15) is 5.11 Å². The number of allylic oxidation sites excluding steroid dienone is 1. The smallest absolute Gasteiger partial charge is 0.0944 e. The summed E-state index contributed by atoms with van der Waals surface area (Å²) in [5, 5.41) is 12.0. The van der Waals surface area contributed by atoms with Crippen LogP contribution >= 0.6 is 11.3 Å². The summed E-state index contributed by atoms with van der Waals surface area (Å²) in [6.07, 6.45) is 7.57. The molecule has 2 rings (SSSR count). The van der Waals surface area contributed by atoms with E-state index in [0.717, 1.165) is 11.3 Å². The van der Waals surface area contributed by atoms with Gasteiger partial charge in [-0.15, -0.1) is 11.3 Å². The highest BCUT2D eigenvalue weighted by atomic mass is 32.1. The van der Waals surface area contributed by atoms with E-state index >= 15 is 0 Å². The lowest BCUT2D eigenvalue weighted by Crippen LogP contribution is -2.11. The monoisotopic (exact) mass is 194 g/mol. The van der Waals surface area contributed by atoms with Crippen molar-refractivity contribution in [3.8, 4) is 0 Å². The molecule has 0 radical (unpaired) electrons. The zero-order chi connectivity index (χ0) is 9.10. The molecule has 0 aliphatic heterocycles. The Hall–Kier alpha value is -0.600. The molecule has 1 heterocycles. The summed E-state index contributed by atoms with van der Waals surface area (Å²) in [6.45, 7) is 0. The maximum atomic E-state index is 9.99. The highest BCUT2D eigenvalue weighted by Gasteiger charge is 2.20. The molecule has 2 heteroatoms. The molecule has 0 fully saturated rings. The predicted molar refractivity (Wildman–Crippen MR) is 55.8 cm³/mol. The fraction of sp³-hybridized carbons (Fsp3) is 0.455. The van der Waals surface area contributed by atoms with Gasteiger partial charge in [0.2, 0.25) is 0 Å². The van der Waals surface area contributed by atoms with Crippen LogP contribution in [0.5, 0.6) is 0 Å². The van der Waals surface area contributed by atoms with Gasteiger partial charge in [-0.3, -0.25) is 0 Å². The maximum Gasteiger partial charge on any atom is 0.0944 e. The highest BCUT2D eigenvalue weighted by Crippen LogP contribution is 2.32. The third-order valence-corrected chi connectivity index (χ3v) is 3.47. The molecule has 1 aromatic rings. The largest absolute Gasteiger partial charge is 0.387 e. The summed E-state index contributed by atoms with van der Waals surface area (Å²) < 4.78 is 0. The molecule has 0 amide bonds. The van der Waals surface area contributed by atoms with Crippen molar-refractivity contribution in [1.82, 2.24) is 0 Å². The van der Waals surface area contributed by atoms with Gasteiger partial charge in [0.05, 0.1) is 6.10 Å². The lowest BCUT2D eigenvalue weighted by Gasteiger charge is -2.21. The minimum Gasteiger partial charge on any atom is -0.387 e. The van der Waals surface area contributed by atoms with Crippen molar-refractivity contribution in [2.45, 2.75) is 25.4 Å². The molecule has 1 nitrogen and oxygen atoms in total. The average Bonchev–Trinajstić information content (AvgIpc) is 2.71. The van der Waals surface area contributed by atoms with Crippen molar-refractivity contribution in [1.29, 1.82) is 0 Å². The number of aliphatic hydroxyl groups is 1. The van der Waals surface area contributed by atoms with Crippen LogP contribution in [0.3, 0.4) is 0 Å². The SMILES string of the molecule is O[C@@H](c1cccs1)[C@@H]1C=CCCC1. The first kappa shape index (κ1) is 8.97. The van der Waals surface area contributed by atoms with Crippen LogP contribution < -0.4 is 0 Å². The van der Waals surface area contributed by atoms with Gasteiger partial charge in [-0.05, 0) is 30.7 Å². The molecule has 0 unspecified atom stereocenters. The van der Waals surface area contributed by atoms with Crippen molar-refractivity contribution in [2.75, 3.05) is 0 Å². The Morgan fingerprint density at radius 3 is 3.08 bits per heavy atom. The minimum atomic E-state index is -0.281. The molecule has 70 valence electrons. The van der Waals surface area contributed by atoms with E-state index in [1.165, 1.54) is 12.8 Å². The molecule has 2 atom stereocenters. The van der Waals surface area contributed by atoms with Gasteiger partial charge in [0.15, 0.2) is 0 Å². The van der Waals surface area contributed by atoms with E-state index < -0.39 is 0 Å². The Labute approximate surface area is 82.7 Å². The van der Waals surface area contributed by atoms with Gasteiger partial charge in [0, 0.05) is 10.8 Å². The number of thiophene rings is 1. The predicted octanol–water partition coefficient (Wildman–Crippen LogP) is 3.14. The molecule has 13 heavy (non-hydrogen) atoms. The number of hydrogen-bond acceptors (Lipinski definition) is 2. The van der Waals surface area contributed by atoms with E-state index in [4.69, 9.17) is 0 Å². The fourth-order valence-electron chi connectivity index (χ4n) is 1.77. The zero-order valence-corrected chi connectivity index (χ0v) is 8.33. The van der Waals surface area contributed by atoms with Crippen LogP contribution in [-0.2, 0) is 0 Å². The standard InChI is InChI=1S/C11H14OS/c12-11(10-7-4-8-13-10)9-5-2-1-3-6-9/h2,4-5,7-9,11-12H,1,3,6H2/t9-,11-/m1/s1. The second kappa shape index (κ2) is 4.07. The summed E-state index contributed by atoms with van der Waals surface area (Å²) in [7, 11) is 0. The van der Waals surface area contributed by atoms with Gasteiger partial charge in [-0.25, -0.2) is 0 Å². The van der Waals surface area contributed by atoms with Crippen LogP contribution in [0.2, 0.25) is 0 Å². The normalized spacial score (nSPS) is 24.5. The van der Waals surface area contributed by atoms with E-state index in [1.54, 1.807) is 11.3 Å². The van der Waals surface area contributed by atoms with Gasteiger partial charge in [-0.2, -0.15) is 0 Å². The number of aliphatic hydroxyl groups excluding tert-OH is 1. The van der Waals surface area contributed by atoms with Crippen LogP contribution in [0, 0.1) is 5.92 Å². The average molecular weight is 194 g/mol. The zero-order valence-electron chi connectivity index (χ0n) is 7.52. The van der Waals surface area contributed by atoms with E-state index in [2.05, 4.69) is 12.2 Å². The van der Waals surface area contributed by atoms with Crippen molar-refractivity contribution in [3.05, 3.63) is 34.5 Å². The van der Waals surface area contributed by atoms with Crippen molar-refractivity contribution < 1.29 is 5.11 Å². The van der Waals surface area contributed by atoms with Gasteiger partial charge in [0.25, 0.3) is 0 Å². The Bertz CT molecular complexity index is 276.